The molecule has 2 rings (SSSR count). The minimum Gasteiger partial charge on any atom is -0.463 e. The largest absolute Gasteiger partial charge is 0.463 e. The van der Waals surface area contributed by atoms with Gasteiger partial charge in [0.1, 0.15) is 0 Å². The lowest BCUT2D eigenvalue weighted by Gasteiger charge is -2.30. The fourth-order valence-electron chi connectivity index (χ4n) is 2.96. The van der Waals surface area contributed by atoms with E-state index in [4.69, 9.17) is 4.74 Å². The number of ether oxygens (including phenoxy) is 1. The van der Waals surface area contributed by atoms with Gasteiger partial charge in [0.15, 0.2) is 5.82 Å². The van der Waals surface area contributed by atoms with E-state index < -0.39 is 41.9 Å². The van der Waals surface area contributed by atoms with Crippen LogP contribution in [0.1, 0.15) is 44.1 Å². The first-order chi connectivity index (χ1) is 13.9. The molecule has 10 heteroatoms. The molecule has 2 N–H and O–H groups in total. The molecule has 0 aliphatic carbocycles. The van der Waals surface area contributed by atoms with Crippen LogP contribution in [-0.2, 0) is 27.0 Å². The van der Waals surface area contributed by atoms with Crippen molar-refractivity contribution in [3.05, 3.63) is 54.1 Å². The molecule has 0 aliphatic rings. The van der Waals surface area contributed by atoms with Gasteiger partial charge in [-0.3, -0.25) is 9.59 Å². The van der Waals surface area contributed by atoms with E-state index in [0.29, 0.717) is 5.56 Å². The Kier molecular flexibility index (Phi) is 7.25. The lowest BCUT2D eigenvalue weighted by Crippen LogP contribution is -2.48. The highest BCUT2D eigenvalue weighted by Gasteiger charge is 2.58. The minimum absolute atomic E-state index is 0.277. The summed E-state index contributed by atoms with van der Waals surface area (Å²) in [6.45, 7) is 3.31. The zero-order chi connectivity index (χ0) is 22.5. The van der Waals surface area contributed by atoms with Crippen molar-refractivity contribution in [3.8, 4) is 0 Å². The van der Waals surface area contributed by atoms with E-state index in [1.807, 2.05) is 0 Å². The average Bonchev–Trinajstić information content (AvgIpc) is 3.06. The summed E-state index contributed by atoms with van der Waals surface area (Å²) >= 11 is 0. The van der Waals surface area contributed by atoms with E-state index in [1.165, 1.54) is 13.2 Å². The number of aromatic nitrogens is 2. The molecular weight excluding hydrogens is 403 g/mol. The van der Waals surface area contributed by atoms with E-state index in [0.717, 1.165) is 10.8 Å². The fraction of sp³-hybridized carbons (Fsp3) is 0.450. The van der Waals surface area contributed by atoms with Crippen molar-refractivity contribution in [3.63, 3.8) is 0 Å². The van der Waals surface area contributed by atoms with Crippen LogP contribution in [0.3, 0.4) is 0 Å². The Morgan fingerprint density at radius 3 is 2.37 bits per heavy atom. The Hall–Kier alpha value is -2.88. The number of alkyl halides is 3. The van der Waals surface area contributed by atoms with E-state index in [1.54, 1.807) is 44.2 Å². The van der Waals surface area contributed by atoms with Gasteiger partial charge in [-0.1, -0.05) is 30.3 Å². The number of nitrogens with zero attached hydrogens (tertiary/aromatic N) is 2. The first kappa shape index (κ1) is 23.4. The van der Waals surface area contributed by atoms with Crippen LogP contribution in [0, 0.1) is 0 Å². The standard InChI is InChI=1S/C20H24F3N3O4/c1-13(2)30-17(28)11-15(14-7-5-4-6-8-14)25-16(27)12-19(29,20(21,22)23)18-24-9-10-26(18)3/h4-10,13,15,29H,11-12H2,1-3H3,(H,25,27). The van der Waals surface area contributed by atoms with Gasteiger partial charge in [0.2, 0.25) is 11.5 Å². The van der Waals surface area contributed by atoms with Crippen LogP contribution < -0.4 is 5.32 Å². The van der Waals surface area contributed by atoms with Crippen molar-refractivity contribution >= 4 is 11.9 Å². The summed E-state index contributed by atoms with van der Waals surface area (Å²) in [5.74, 6) is -2.42. The molecule has 0 aliphatic heterocycles. The normalized spacial score (nSPS) is 14.8. The van der Waals surface area contributed by atoms with Gasteiger partial charge in [-0.2, -0.15) is 13.2 Å². The highest BCUT2D eigenvalue weighted by Crippen LogP contribution is 2.40. The number of amides is 1. The molecule has 2 unspecified atom stereocenters. The molecule has 0 radical (unpaired) electrons. The highest BCUT2D eigenvalue weighted by atomic mass is 19.4. The van der Waals surface area contributed by atoms with Crippen molar-refractivity contribution in [2.24, 2.45) is 7.05 Å². The van der Waals surface area contributed by atoms with Crippen molar-refractivity contribution in [1.29, 1.82) is 0 Å². The molecule has 2 atom stereocenters. The Balaban J connectivity index is 2.25. The predicted molar refractivity (Wildman–Crippen MR) is 101 cm³/mol. The van der Waals surface area contributed by atoms with Crippen molar-refractivity contribution in [2.75, 3.05) is 0 Å². The second-order valence-corrected chi connectivity index (χ2v) is 7.17. The summed E-state index contributed by atoms with van der Waals surface area (Å²) in [5, 5.41) is 12.8. The third-order valence-corrected chi connectivity index (χ3v) is 4.35. The molecule has 0 fully saturated rings. The molecule has 1 aromatic carbocycles. The van der Waals surface area contributed by atoms with Crippen molar-refractivity contribution < 1.29 is 32.6 Å². The summed E-state index contributed by atoms with van der Waals surface area (Å²) in [5.41, 5.74) is -2.98. The van der Waals surface area contributed by atoms with Gasteiger partial charge in [0, 0.05) is 19.4 Å². The van der Waals surface area contributed by atoms with E-state index in [9.17, 15) is 27.9 Å². The molecule has 1 heterocycles. The molecule has 1 aromatic heterocycles. The number of rotatable bonds is 8. The number of carbonyl (C=O) groups excluding carboxylic acids is 2. The zero-order valence-electron chi connectivity index (χ0n) is 16.8. The molecular formula is C20H24F3N3O4. The molecule has 0 saturated carbocycles. The topological polar surface area (TPSA) is 93.4 Å². The number of carbonyl (C=O) groups is 2. The maximum absolute atomic E-state index is 13.7. The second kappa shape index (κ2) is 9.29. The minimum atomic E-state index is -5.15. The van der Waals surface area contributed by atoms with Gasteiger partial charge in [-0.05, 0) is 19.4 Å². The van der Waals surface area contributed by atoms with Crippen LogP contribution in [-0.4, -0.2) is 38.8 Å². The molecule has 164 valence electrons. The van der Waals surface area contributed by atoms with Crippen LogP contribution in [0.5, 0.6) is 0 Å². The Bertz CT molecular complexity index is 868. The smallest absolute Gasteiger partial charge is 0.425 e. The van der Waals surface area contributed by atoms with Gasteiger partial charge in [-0.15, -0.1) is 0 Å². The van der Waals surface area contributed by atoms with Crippen LogP contribution >= 0.6 is 0 Å². The summed E-state index contributed by atoms with van der Waals surface area (Å²) in [7, 11) is 1.28. The van der Waals surface area contributed by atoms with E-state index in [-0.39, 0.29) is 12.5 Å². The summed E-state index contributed by atoms with van der Waals surface area (Å²) in [6, 6.07) is 7.39. The van der Waals surface area contributed by atoms with E-state index in [2.05, 4.69) is 10.3 Å². The number of aliphatic hydroxyl groups is 1. The van der Waals surface area contributed by atoms with Crippen LogP contribution in [0.4, 0.5) is 13.2 Å². The van der Waals surface area contributed by atoms with Gasteiger partial charge in [-0.25, -0.2) is 4.98 Å². The lowest BCUT2D eigenvalue weighted by molar-refractivity contribution is -0.271. The Labute approximate surface area is 171 Å². The number of nitrogens with one attached hydrogen (secondary N) is 1. The van der Waals surface area contributed by atoms with Crippen LogP contribution in [0.2, 0.25) is 0 Å². The number of imidazole rings is 1. The molecule has 0 saturated heterocycles. The first-order valence-electron chi connectivity index (χ1n) is 9.24. The molecule has 0 bridgehead atoms. The number of aryl methyl sites for hydroxylation is 1. The van der Waals surface area contributed by atoms with Gasteiger partial charge in [0.05, 0.1) is 25.0 Å². The number of halogens is 3. The maximum Gasteiger partial charge on any atom is 0.425 e. The summed E-state index contributed by atoms with van der Waals surface area (Å²) in [6.07, 6.45) is -4.80. The van der Waals surface area contributed by atoms with Crippen LogP contribution in [0.25, 0.3) is 0 Å². The number of esters is 1. The molecule has 2 aromatic rings. The number of benzene rings is 1. The molecule has 7 nitrogen and oxygen atoms in total. The van der Waals surface area contributed by atoms with Crippen molar-refractivity contribution in [1.82, 2.24) is 14.9 Å². The Morgan fingerprint density at radius 2 is 1.87 bits per heavy atom. The monoisotopic (exact) mass is 427 g/mol. The SMILES string of the molecule is CC(C)OC(=O)CC(NC(=O)CC(O)(c1nccn1C)C(F)(F)F)c1ccccc1. The van der Waals surface area contributed by atoms with Gasteiger partial charge in [0.25, 0.3) is 0 Å². The maximum atomic E-state index is 13.7. The second-order valence-electron chi connectivity index (χ2n) is 7.17. The highest BCUT2D eigenvalue weighted by molar-refractivity contribution is 5.79. The van der Waals surface area contributed by atoms with Crippen molar-refractivity contribution in [2.45, 2.75) is 50.6 Å². The average molecular weight is 427 g/mol. The number of hydrogen-bond donors (Lipinski definition) is 2. The summed E-state index contributed by atoms with van der Waals surface area (Å²) < 4.78 is 47.1. The third kappa shape index (κ3) is 5.59. The zero-order valence-corrected chi connectivity index (χ0v) is 16.8. The Morgan fingerprint density at radius 1 is 1.23 bits per heavy atom. The lowest BCUT2D eigenvalue weighted by atomic mass is 9.96. The third-order valence-electron chi connectivity index (χ3n) is 4.35. The fourth-order valence-corrected chi connectivity index (χ4v) is 2.96. The molecule has 1 amide bonds. The molecule has 0 spiro atoms. The van der Waals surface area contributed by atoms with E-state index >= 15 is 0 Å². The number of hydrogen-bond acceptors (Lipinski definition) is 5. The quantitative estimate of drug-likeness (QED) is 0.632. The van der Waals surface area contributed by atoms with Crippen LogP contribution in [0.15, 0.2) is 42.7 Å². The molecule has 30 heavy (non-hydrogen) atoms. The first-order valence-corrected chi connectivity index (χ1v) is 9.24. The van der Waals surface area contributed by atoms with Gasteiger partial charge < -0.3 is 19.7 Å². The summed E-state index contributed by atoms with van der Waals surface area (Å²) in [4.78, 5) is 28.2. The van der Waals surface area contributed by atoms with Gasteiger partial charge >= 0.3 is 12.1 Å². The predicted octanol–water partition coefficient (Wildman–Crippen LogP) is 2.76.